The lowest BCUT2D eigenvalue weighted by Gasteiger charge is -2.32. The molecule has 4 rings (SSSR count). The van der Waals surface area contributed by atoms with Gasteiger partial charge >= 0.3 is 0 Å². The zero-order chi connectivity index (χ0) is 17.9. The summed E-state index contributed by atoms with van der Waals surface area (Å²) in [6.07, 6.45) is 0. The molecule has 6 heteroatoms. The van der Waals surface area contributed by atoms with E-state index in [1.807, 2.05) is 31.3 Å². The molecule has 0 atom stereocenters. The number of aromatic nitrogens is 3. The van der Waals surface area contributed by atoms with Crippen molar-refractivity contribution in [2.45, 2.75) is 0 Å². The van der Waals surface area contributed by atoms with Gasteiger partial charge in [0.2, 0.25) is 0 Å². The molecule has 0 unspecified atom stereocenters. The fourth-order valence-electron chi connectivity index (χ4n) is 3.39. The van der Waals surface area contributed by atoms with Crippen LogP contribution in [0.1, 0.15) is 0 Å². The van der Waals surface area contributed by atoms with E-state index in [0.717, 1.165) is 67.2 Å². The summed E-state index contributed by atoms with van der Waals surface area (Å²) in [5, 5.41) is 8.42. The topological polar surface area (TPSA) is 46.4 Å². The molecule has 0 N–H and O–H groups in total. The van der Waals surface area contributed by atoms with E-state index in [-0.39, 0.29) is 0 Å². The van der Waals surface area contributed by atoms with Crippen molar-refractivity contribution >= 4 is 11.0 Å². The van der Waals surface area contributed by atoms with Crippen LogP contribution in [0.4, 0.5) is 0 Å². The highest BCUT2D eigenvalue weighted by molar-refractivity contribution is 5.91. The van der Waals surface area contributed by atoms with E-state index in [2.05, 4.69) is 45.4 Å². The average Bonchev–Trinajstić information content (AvgIpc) is 3.05. The van der Waals surface area contributed by atoms with Crippen molar-refractivity contribution in [2.24, 2.45) is 7.05 Å². The van der Waals surface area contributed by atoms with Gasteiger partial charge in [-0.1, -0.05) is 29.5 Å². The van der Waals surface area contributed by atoms with E-state index in [1.165, 1.54) is 0 Å². The molecule has 136 valence electrons. The molecule has 1 saturated heterocycles. The molecule has 0 saturated carbocycles. The number of hydrogen-bond donors (Lipinski definition) is 0. The average molecular weight is 351 g/mol. The third kappa shape index (κ3) is 3.57. The monoisotopic (exact) mass is 351 g/mol. The van der Waals surface area contributed by atoms with Gasteiger partial charge in [0.05, 0.1) is 5.52 Å². The van der Waals surface area contributed by atoms with Crippen LogP contribution in [0.3, 0.4) is 0 Å². The van der Waals surface area contributed by atoms with Gasteiger partial charge in [0.25, 0.3) is 0 Å². The molecule has 0 radical (unpaired) electrons. The number of benzene rings is 2. The van der Waals surface area contributed by atoms with Crippen molar-refractivity contribution < 1.29 is 4.74 Å². The van der Waals surface area contributed by atoms with E-state index in [0.29, 0.717) is 0 Å². The zero-order valence-electron chi connectivity index (χ0n) is 15.4. The molecule has 2 aromatic carbocycles. The third-order valence-corrected chi connectivity index (χ3v) is 5.08. The molecule has 2 heterocycles. The highest BCUT2D eigenvalue weighted by Crippen LogP contribution is 2.28. The summed E-state index contributed by atoms with van der Waals surface area (Å²) in [7, 11) is 4.09. The Bertz CT molecular complexity index is 866. The number of aryl methyl sites for hydroxylation is 1. The quantitative estimate of drug-likeness (QED) is 0.706. The van der Waals surface area contributed by atoms with Gasteiger partial charge < -0.3 is 9.64 Å². The molecule has 1 fully saturated rings. The molecule has 0 amide bonds. The Morgan fingerprint density at radius 3 is 2.50 bits per heavy atom. The van der Waals surface area contributed by atoms with Crippen LogP contribution in [0.15, 0.2) is 42.5 Å². The second kappa shape index (κ2) is 7.43. The number of rotatable bonds is 5. The van der Waals surface area contributed by atoms with Crippen LogP contribution in [0, 0.1) is 0 Å². The van der Waals surface area contributed by atoms with E-state index in [1.54, 1.807) is 4.68 Å². The van der Waals surface area contributed by atoms with Gasteiger partial charge in [-0.15, -0.1) is 5.10 Å². The third-order valence-electron chi connectivity index (χ3n) is 5.08. The number of hydrogen-bond acceptors (Lipinski definition) is 5. The summed E-state index contributed by atoms with van der Waals surface area (Å²) in [6.45, 7) is 6.24. The maximum absolute atomic E-state index is 5.93. The Hall–Kier alpha value is -2.44. The van der Waals surface area contributed by atoms with Gasteiger partial charge in [-0.2, -0.15) is 0 Å². The summed E-state index contributed by atoms with van der Waals surface area (Å²) < 4.78 is 7.73. The molecule has 1 aliphatic heterocycles. The summed E-state index contributed by atoms with van der Waals surface area (Å²) >= 11 is 0. The summed E-state index contributed by atoms with van der Waals surface area (Å²) in [5.41, 5.74) is 4.19. The lowest BCUT2D eigenvalue weighted by atomic mass is 10.0. The Labute approximate surface area is 154 Å². The van der Waals surface area contributed by atoms with Crippen molar-refractivity contribution in [3.63, 3.8) is 0 Å². The number of nitrogens with zero attached hydrogens (tertiary/aromatic N) is 5. The number of piperazine rings is 1. The molecule has 0 bridgehead atoms. The predicted molar refractivity (Wildman–Crippen MR) is 103 cm³/mol. The number of ether oxygens (including phenoxy) is 1. The van der Waals surface area contributed by atoms with Crippen molar-refractivity contribution in [1.82, 2.24) is 24.8 Å². The van der Waals surface area contributed by atoms with E-state index < -0.39 is 0 Å². The van der Waals surface area contributed by atoms with Crippen LogP contribution in [-0.4, -0.2) is 71.2 Å². The van der Waals surface area contributed by atoms with Gasteiger partial charge in [-0.3, -0.25) is 4.90 Å². The van der Waals surface area contributed by atoms with Crippen molar-refractivity contribution in [3.05, 3.63) is 42.5 Å². The molecule has 0 spiro atoms. The Kier molecular flexibility index (Phi) is 4.86. The first-order valence-corrected chi connectivity index (χ1v) is 9.13. The van der Waals surface area contributed by atoms with Gasteiger partial charge in [0, 0.05) is 45.3 Å². The first-order chi connectivity index (χ1) is 12.7. The second-order valence-corrected chi connectivity index (χ2v) is 6.90. The smallest absolute Gasteiger partial charge is 0.120 e. The molecule has 3 aromatic rings. The van der Waals surface area contributed by atoms with Crippen LogP contribution < -0.4 is 4.74 Å². The van der Waals surface area contributed by atoms with Gasteiger partial charge in [-0.25, -0.2) is 4.68 Å². The lowest BCUT2D eigenvalue weighted by molar-refractivity contribution is 0.134. The standard InChI is InChI=1S/C20H25N5O/c1-23-10-12-25(13-11-23)14-15-26-17-8-6-16(7-9-17)18-4-3-5-19-20(18)21-22-24(19)2/h3-9H,10-15H2,1-2H3. The Morgan fingerprint density at radius 1 is 0.962 bits per heavy atom. The normalized spacial score (nSPS) is 16.2. The van der Waals surface area contributed by atoms with E-state index in [4.69, 9.17) is 4.74 Å². The van der Waals surface area contributed by atoms with Crippen LogP contribution in [0.25, 0.3) is 22.2 Å². The molecule has 0 aliphatic carbocycles. The minimum absolute atomic E-state index is 0.725. The first kappa shape index (κ1) is 17.0. The summed E-state index contributed by atoms with van der Waals surface area (Å²) in [6, 6.07) is 14.4. The van der Waals surface area contributed by atoms with E-state index in [9.17, 15) is 0 Å². The summed E-state index contributed by atoms with van der Waals surface area (Å²) in [4.78, 5) is 4.83. The van der Waals surface area contributed by atoms with Crippen LogP contribution >= 0.6 is 0 Å². The molecule has 26 heavy (non-hydrogen) atoms. The van der Waals surface area contributed by atoms with E-state index >= 15 is 0 Å². The highest BCUT2D eigenvalue weighted by atomic mass is 16.5. The zero-order valence-corrected chi connectivity index (χ0v) is 15.4. The van der Waals surface area contributed by atoms with Crippen LogP contribution in [-0.2, 0) is 7.05 Å². The lowest BCUT2D eigenvalue weighted by Crippen LogP contribution is -2.45. The van der Waals surface area contributed by atoms with Gasteiger partial charge in [0.15, 0.2) is 0 Å². The largest absolute Gasteiger partial charge is 0.492 e. The van der Waals surface area contributed by atoms with Crippen molar-refractivity contribution in [3.8, 4) is 16.9 Å². The van der Waals surface area contributed by atoms with Crippen molar-refractivity contribution in [1.29, 1.82) is 0 Å². The maximum Gasteiger partial charge on any atom is 0.120 e. The summed E-state index contributed by atoms with van der Waals surface area (Å²) in [5.74, 6) is 0.911. The van der Waals surface area contributed by atoms with Gasteiger partial charge in [-0.05, 0) is 30.8 Å². The molecular formula is C20H25N5O. The Morgan fingerprint density at radius 2 is 1.73 bits per heavy atom. The minimum atomic E-state index is 0.725. The van der Waals surface area contributed by atoms with Crippen molar-refractivity contribution in [2.75, 3.05) is 46.4 Å². The molecule has 1 aliphatic rings. The minimum Gasteiger partial charge on any atom is -0.492 e. The Balaban J connectivity index is 1.39. The number of likely N-dealkylation sites (N-methyl/N-ethyl adjacent to an activating group) is 1. The maximum atomic E-state index is 5.93. The first-order valence-electron chi connectivity index (χ1n) is 9.13. The molecule has 6 nitrogen and oxygen atoms in total. The predicted octanol–water partition coefficient (Wildman–Crippen LogP) is 2.26. The molecular weight excluding hydrogens is 326 g/mol. The highest BCUT2D eigenvalue weighted by Gasteiger charge is 2.13. The van der Waals surface area contributed by atoms with Gasteiger partial charge in [0.1, 0.15) is 17.9 Å². The van der Waals surface area contributed by atoms with Crippen LogP contribution in [0.2, 0.25) is 0 Å². The fourth-order valence-corrected chi connectivity index (χ4v) is 3.39. The van der Waals surface area contributed by atoms with Crippen LogP contribution in [0.5, 0.6) is 5.75 Å². The SMILES string of the molecule is CN1CCN(CCOc2ccc(-c3cccc4c3nnn4C)cc2)CC1. The second-order valence-electron chi connectivity index (χ2n) is 6.90. The molecule has 1 aromatic heterocycles. The fraction of sp³-hybridized carbons (Fsp3) is 0.400. The number of fused-ring (bicyclic) bond motifs is 1.